The number of halogens is 3. The predicted octanol–water partition coefficient (Wildman–Crippen LogP) is 3.91. The molecule has 1 amide bonds. The largest absolute Gasteiger partial charge is 0.471 e. The van der Waals surface area contributed by atoms with Gasteiger partial charge in [0.25, 0.3) is 0 Å². The van der Waals surface area contributed by atoms with Gasteiger partial charge >= 0.3 is 6.18 Å². The molecular formula is C17H23F3N2O2. The van der Waals surface area contributed by atoms with Crippen molar-refractivity contribution in [1.29, 1.82) is 0 Å². The van der Waals surface area contributed by atoms with E-state index in [9.17, 15) is 18.0 Å². The molecule has 0 bridgehead atoms. The Hall–Kier alpha value is -1.79. The summed E-state index contributed by atoms with van der Waals surface area (Å²) in [6.45, 7) is 4.91. The number of rotatable bonds is 7. The number of amides is 1. The Morgan fingerprint density at radius 1 is 1.33 bits per heavy atom. The van der Waals surface area contributed by atoms with Crippen molar-refractivity contribution in [2.45, 2.75) is 51.8 Å². The minimum atomic E-state index is -4.42. The van der Waals surface area contributed by atoms with E-state index in [1.54, 1.807) is 4.90 Å². The Morgan fingerprint density at radius 2 is 1.96 bits per heavy atom. The molecule has 4 nitrogen and oxygen atoms in total. The quantitative estimate of drug-likeness (QED) is 0.753. The number of nitrogens with zero attached hydrogens (tertiary/aromatic N) is 2. The summed E-state index contributed by atoms with van der Waals surface area (Å²) >= 11 is 0. The van der Waals surface area contributed by atoms with Crippen LogP contribution in [0.5, 0.6) is 5.88 Å². The summed E-state index contributed by atoms with van der Waals surface area (Å²) in [5.74, 6) is 0.101. The molecule has 0 spiro atoms. The van der Waals surface area contributed by atoms with Crippen LogP contribution in [0.4, 0.5) is 13.2 Å². The first kappa shape index (κ1) is 18.5. The average Bonchev–Trinajstić information content (AvgIpc) is 2.49. The van der Waals surface area contributed by atoms with E-state index in [1.807, 2.05) is 0 Å². The fraction of sp³-hybridized carbons (Fsp3) is 0.647. The van der Waals surface area contributed by atoms with Crippen molar-refractivity contribution in [2.75, 3.05) is 13.1 Å². The van der Waals surface area contributed by atoms with Gasteiger partial charge in [-0.15, -0.1) is 0 Å². The molecule has 1 aliphatic rings. The highest BCUT2D eigenvalue weighted by molar-refractivity contribution is 5.79. The second-order valence-electron chi connectivity index (χ2n) is 6.14. The molecule has 0 saturated carbocycles. The van der Waals surface area contributed by atoms with Crippen molar-refractivity contribution < 1.29 is 22.7 Å². The van der Waals surface area contributed by atoms with E-state index in [-0.39, 0.29) is 23.8 Å². The number of alkyl halides is 3. The molecule has 2 rings (SSSR count). The molecule has 2 heterocycles. The topological polar surface area (TPSA) is 42.4 Å². The van der Waals surface area contributed by atoms with E-state index < -0.39 is 11.7 Å². The molecule has 0 atom stereocenters. The minimum Gasteiger partial charge on any atom is -0.471 e. The van der Waals surface area contributed by atoms with Crippen LogP contribution >= 0.6 is 0 Å². The van der Waals surface area contributed by atoms with Crippen molar-refractivity contribution in [2.24, 2.45) is 5.92 Å². The lowest BCUT2D eigenvalue weighted by atomic mass is 9.95. The Kier molecular flexibility index (Phi) is 6.07. The van der Waals surface area contributed by atoms with Gasteiger partial charge in [-0.25, -0.2) is 4.98 Å². The maximum atomic E-state index is 12.7. The highest BCUT2D eigenvalue weighted by atomic mass is 19.4. The number of pyridine rings is 1. The third-order valence-corrected chi connectivity index (χ3v) is 4.13. The van der Waals surface area contributed by atoms with Crippen LogP contribution in [0.15, 0.2) is 18.3 Å². The molecule has 134 valence electrons. The number of carbonyl (C=O) groups excluding carboxylic acids is 1. The van der Waals surface area contributed by atoms with Crippen LogP contribution in [-0.4, -0.2) is 35.0 Å². The molecule has 0 radical (unpaired) electrons. The van der Waals surface area contributed by atoms with Gasteiger partial charge in [0.1, 0.15) is 6.10 Å². The van der Waals surface area contributed by atoms with Crippen LogP contribution in [0.2, 0.25) is 0 Å². The summed E-state index contributed by atoms with van der Waals surface area (Å²) in [6, 6.07) is 1.80. The molecule has 24 heavy (non-hydrogen) atoms. The van der Waals surface area contributed by atoms with Crippen molar-refractivity contribution in [3.63, 3.8) is 0 Å². The maximum absolute atomic E-state index is 12.7. The zero-order valence-electron chi connectivity index (χ0n) is 14.0. The van der Waals surface area contributed by atoms with Gasteiger partial charge < -0.3 is 9.64 Å². The van der Waals surface area contributed by atoms with Crippen LogP contribution in [-0.2, 0) is 11.0 Å². The number of likely N-dealkylation sites (tertiary alicyclic amines) is 1. The SMILES string of the molecule is CCCC(CCC)C(=O)N1CC(Oc2cc(C(F)(F)F)ccn2)C1. The number of aromatic nitrogens is 1. The fourth-order valence-corrected chi connectivity index (χ4v) is 2.86. The zero-order chi connectivity index (χ0) is 17.7. The Bertz CT molecular complexity index is 551. The fourth-order valence-electron chi connectivity index (χ4n) is 2.86. The van der Waals surface area contributed by atoms with Crippen LogP contribution in [0.3, 0.4) is 0 Å². The highest BCUT2D eigenvalue weighted by Gasteiger charge is 2.36. The molecule has 1 fully saturated rings. The maximum Gasteiger partial charge on any atom is 0.416 e. The second-order valence-corrected chi connectivity index (χ2v) is 6.14. The molecule has 7 heteroatoms. The van der Waals surface area contributed by atoms with Crippen LogP contribution in [0.1, 0.15) is 45.1 Å². The molecule has 1 saturated heterocycles. The normalized spacial score (nSPS) is 15.5. The van der Waals surface area contributed by atoms with Crippen molar-refractivity contribution >= 4 is 5.91 Å². The van der Waals surface area contributed by atoms with Crippen molar-refractivity contribution in [3.05, 3.63) is 23.9 Å². The Morgan fingerprint density at radius 3 is 2.50 bits per heavy atom. The standard InChI is InChI=1S/C17H23F3N2O2/c1-3-5-12(6-4-2)16(23)22-10-14(11-22)24-15-9-13(7-8-21-15)17(18,19)20/h7-9,12,14H,3-6,10-11H2,1-2H3. The summed E-state index contributed by atoms with van der Waals surface area (Å²) in [6.07, 6.45) is 0.00707. The molecule has 1 aromatic rings. The summed E-state index contributed by atoms with van der Waals surface area (Å²) in [7, 11) is 0. The van der Waals surface area contributed by atoms with Gasteiger partial charge in [-0.3, -0.25) is 4.79 Å². The van der Waals surface area contributed by atoms with Gasteiger partial charge in [0.05, 0.1) is 18.7 Å². The van der Waals surface area contributed by atoms with E-state index in [1.165, 1.54) is 0 Å². The molecule has 0 unspecified atom stereocenters. The lowest BCUT2D eigenvalue weighted by molar-refractivity contribution is -0.145. The molecule has 1 aromatic heterocycles. The molecular weight excluding hydrogens is 321 g/mol. The Balaban J connectivity index is 1.87. The van der Waals surface area contributed by atoms with E-state index >= 15 is 0 Å². The lowest BCUT2D eigenvalue weighted by Crippen LogP contribution is -2.57. The van der Waals surface area contributed by atoms with E-state index in [0.717, 1.165) is 44.0 Å². The Labute approximate surface area is 140 Å². The predicted molar refractivity (Wildman–Crippen MR) is 83.5 cm³/mol. The number of ether oxygens (including phenoxy) is 1. The van der Waals surface area contributed by atoms with Gasteiger partial charge in [-0.2, -0.15) is 13.2 Å². The van der Waals surface area contributed by atoms with Crippen molar-refractivity contribution in [3.8, 4) is 5.88 Å². The summed E-state index contributed by atoms with van der Waals surface area (Å²) in [4.78, 5) is 17.9. The lowest BCUT2D eigenvalue weighted by Gasteiger charge is -2.40. The van der Waals surface area contributed by atoms with Gasteiger partial charge in [-0.1, -0.05) is 26.7 Å². The molecule has 1 aliphatic heterocycles. The van der Waals surface area contributed by atoms with Crippen LogP contribution in [0.25, 0.3) is 0 Å². The smallest absolute Gasteiger partial charge is 0.416 e. The van der Waals surface area contributed by atoms with E-state index in [2.05, 4.69) is 18.8 Å². The van der Waals surface area contributed by atoms with Crippen LogP contribution in [0, 0.1) is 5.92 Å². The first-order valence-electron chi connectivity index (χ1n) is 8.33. The van der Waals surface area contributed by atoms with Gasteiger partial charge in [0.15, 0.2) is 0 Å². The number of hydrogen-bond acceptors (Lipinski definition) is 3. The third kappa shape index (κ3) is 4.61. The zero-order valence-corrected chi connectivity index (χ0v) is 14.0. The van der Waals surface area contributed by atoms with E-state index in [0.29, 0.717) is 13.1 Å². The first-order chi connectivity index (χ1) is 11.3. The van der Waals surface area contributed by atoms with Gasteiger partial charge in [0.2, 0.25) is 11.8 Å². The summed E-state index contributed by atoms with van der Waals surface area (Å²) in [5, 5.41) is 0. The molecule has 0 aromatic carbocycles. The number of carbonyl (C=O) groups is 1. The van der Waals surface area contributed by atoms with Gasteiger partial charge in [0, 0.05) is 18.2 Å². The third-order valence-electron chi connectivity index (χ3n) is 4.13. The average molecular weight is 344 g/mol. The van der Waals surface area contributed by atoms with E-state index in [4.69, 9.17) is 4.74 Å². The summed E-state index contributed by atoms with van der Waals surface area (Å²) < 4.78 is 43.5. The number of hydrogen-bond donors (Lipinski definition) is 0. The van der Waals surface area contributed by atoms with Crippen LogP contribution < -0.4 is 4.74 Å². The molecule has 0 N–H and O–H groups in total. The first-order valence-corrected chi connectivity index (χ1v) is 8.33. The van der Waals surface area contributed by atoms with Crippen molar-refractivity contribution in [1.82, 2.24) is 9.88 Å². The second kappa shape index (κ2) is 7.85. The highest BCUT2D eigenvalue weighted by Crippen LogP contribution is 2.31. The monoisotopic (exact) mass is 344 g/mol. The summed E-state index contributed by atoms with van der Waals surface area (Å²) in [5.41, 5.74) is -0.786. The van der Waals surface area contributed by atoms with Gasteiger partial charge in [-0.05, 0) is 18.9 Å². The molecule has 0 aliphatic carbocycles. The minimum absolute atomic E-state index is 0.0348.